The molecule has 148 valence electrons. The van der Waals surface area contributed by atoms with Gasteiger partial charge >= 0.3 is 12.0 Å². The van der Waals surface area contributed by atoms with Gasteiger partial charge in [-0.2, -0.15) is 0 Å². The maximum Gasteiger partial charge on any atom is 0.326 e. The molecule has 0 aliphatic carbocycles. The van der Waals surface area contributed by atoms with E-state index in [1.807, 2.05) is 44.2 Å². The minimum atomic E-state index is -1.06. The second-order valence-electron chi connectivity index (χ2n) is 7.45. The zero-order valence-electron chi connectivity index (χ0n) is 16.0. The summed E-state index contributed by atoms with van der Waals surface area (Å²) in [5.74, 6) is -1.40. The average molecular weight is 375 g/mol. The predicted molar refractivity (Wildman–Crippen MR) is 102 cm³/mol. The molecule has 1 aliphatic heterocycles. The van der Waals surface area contributed by atoms with E-state index in [0.29, 0.717) is 32.0 Å². The van der Waals surface area contributed by atoms with Crippen LogP contribution in [0, 0.1) is 11.8 Å². The molecule has 7 heteroatoms. The first-order valence-corrected chi connectivity index (χ1v) is 9.46. The molecule has 2 rings (SSSR count). The first kappa shape index (κ1) is 20.7. The molecule has 0 spiro atoms. The number of rotatable bonds is 7. The Kier molecular flexibility index (Phi) is 7.64. The zero-order valence-corrected chi connectivity index (χ0v) is 16.0. The number of carboxylic acids is 1. The summed E-state index contributed by atoms with van der Waals surface area (Å²) < 4.78 is 0. The smallest absolute Gasteiger partial charge is 0.326 e. The lowest BCUT2D eigenvalue weighted by Crippen LogP contribution is -2.52. The van der Waals surface area contributed by atoms with Crippen molar-refractivity contribution in [3.8, 4) is 0 Å². The molecule has 0 bridgehead atoms. The van der Waals surface area contributed by atoms with E-state index in [9.17, 15) is 19.5 Å². The van der Waals surface area contributed by atoms with Crippen LogP contribution in [0.3, 0.4) is 0 Å². The topological polar surface area (TPSA) is 98.7 Å². The monoisotopic (exact) mass is 375 g/mol. The molecule has 1 unspecified atom stereocenters. The van der Waals surface area contributed by atoms with Gasteiger partial charge in [0.2, 0.25) is 5.91 Å². The highest BCUT2D eigenvalue weighted by atomic mass is 16.4. The third-order valence-electron chi connectivity index (χ3n) is 4.64. The Labute approximate surface area is 160 Å². The molecule has 3 N–H and O–H groups in total. The molecular weight excluding hydrogens is 346 g/mol. The largest absolute Gasteiger partial charge is 0.480 e. The fourth-order valence-corrected chi connectivity index (χ4v) is 3.12. The van der Waals surface area contributed by atoms with Crippen LogP contribution < -0.4 is 10.6 Å². The van der Waals surface area contributed by atoms with Crippen LogP contribution in [0.15, 0.2) is 30.3 Å². The van der Waals surface area contributed by atoms with E-state index in [0.717, 1.165) is 12.0 Å². The lowest BCUT2D eigenvalue weighted by molar-refractivity contribution is -0.142. The van der Waals surface area contributed by atoms with Crippen molar-refractivity contribution < 1.29 is 19.5 Å². The number of nitrogens with one attached hydrogen (secondary N) is 2. The van der Waals surface area contributed by atoms with Crippen LogP contribution in [-0.4, -0.2) is 53.6 Å². The Hall–Kier alpha value is -2.57. The van der Waals surface area contributed by atoms with Gasteiger partial charge in [-0.15, -0.1) is 0 Å². The normalized spacial score (nSPS) is 18.0. The number of hydrogen-bond acceptors (Lipinski definition) is 3. The quantitative estimate of drug-likeness (QED) is 0.678. The summed E-state index contributed by atoms with van der Waals surface area (Å²) in [5.41, 5.74) is 0.850. The van der Waals surface area contributed by atoms with Crippen molar-refractivity contribution in [3.05, 3.63) is 35.9 Å². The van der Waals surface area contributed by atoms with Crippen LogP contribution >= 0.6 is 0 Å². The third-order valence-corrected chi connectivity index (χ3v) is 4.64. The maximum absolute atomic E-state index is 12.6. The molecule has 1 aliphatic rings. The summed E-state index contributed by atoms with van der Waals surface area (Å²) in [6.07, 6.45) is 1.61. The van der Waals surface area contributed by atoms with Gasteiger partial charge in [-0.25, -0.2) is 9.59 Å². The standard InChI is InChI=1S/C20H29N3O4/c1-14(2)12-21-20(27)23-10-6-9-16(13-23)18(24)22-17(19(25)26)11-15-7-4-3-5-8-15/h3-5,7-8,14,16-17H,6,9-13H2,1-2H3,(H,21,27)(H,22,24)(H,25,26)/t16?,17-/m1/s1. The van der Waals surface area contributed by atoms with E-state index in [-0.39, 0.29) is 24.3 Å². The van der Waals surface area contributed by atoms with E-state index in [1.54, 1.807) is 4.90 Å². The zero-order chi connectivity index (χ0) is 19.8. The van der Waals surface area contributed by atoms with Crippen LogP contribution in [0.5, 0.6) is 0 Å². The van der Waals surface area contributed by atoms with Crippen LogP contribution in [0.25, 0.3) is 0 Å². The molecule has 0 radical (unpaired) electrons. The Balaban J connectivity index is 1.92. The van der Waals surface area contributed by atoms with E-state index in [4.69, 9.17) is 0 Å². The summed E-state index contributed by atoms with van der Waals surface area (Å²) in [7, 11) is 0. The first-order chi connectivity index (χ1) is 12.9. The number of hydrogen-bond donors (Lipinski definition) is 3. The molecular formula is C20H29N3O4. The van der Waals surface area contributed by atoms with Crippen LogP contribution in [0.2, 0.25) is 0 Å². The third kappa shape index (κ3) is 6.58. The summed E-state index contributed by atoms with van der Waals surface area (Å²) in [5, 5.41) is 15.0. The molecule has 1 heterocycles. The van der Waals surface area contributed by atoms with Gasteiger partial charge in [0.15, 0.2) is 0 Å². The molecule has 0 aromatic heterocycles. The molecule has 1 saturated heterocycles. The van der Waals surface area contributed by atoms with Crippen LogP contribution in [-0.2, 0) is 16.0 Å². The molecule has 7 nitrogen and oxygen atoms in total. The van der Waals surface area contributed by atoms with Gasteiger partial charge in [0.25, 0.3) is 0 Å². The number of carbonyl (C=O) groups is 3. The van der Waals surface area contributed by atoms with Crippen LogP contribution in [0.4, 0.5) is 4.79 Å². The molecule has 1 aromatic carbocycles. The van der Waals surface area contributed by atoms with Crippen molar-refractivity contribution in [2.45, 2.75) is 39.2 Å². The lowest BCUT2D eigenvalue weighted by atomic mass is 9.96. The van der Waals surface area contributed by atoms with Gasteiger partial charge in [-0.3, -0.25) is 4.79 Å². The van der Waals surface area contributed by atoms with E-state index in [1.165, 1.54) is 0 Å². The summed E-state index contributed by atoms with van der Waals surface area (Å²) in [6.45, 7) is 5.55. The maximum atomic E-state index is 12.6. The van der Waals surface area contributed by atoms with Crippen molar-refractivity contribution in [2.75, 3.05) is 19.6 Å². The Morgan fingerprint density at radius 3 is 2.56 bits per heavy atom. The fraction of sp³-hybridized carbons (Fsp3) is 0.550. The summed E-state index contributed by atoms with van der Waals surface area (Å²) in [4.78, 5) is 38.0. The Bertz CT molecular complexity index is 648. The van der Waals surface area contributed by atoms with Crippen molar-refractivity contribution >= 4 is 17.9 Å². The number of urea groups is 1. The molecule has 2 atom stereocenters. The molecule has 0 saturated carbocycles. The number of amides is 3. The van der Waals surface area contributed by atoms with Gasteiger partial charge in [0.05, 0.1) is 5.92 Å². The Morgan fingerprint density at radius 2 is 1.93 bits per heavy atom. The van der Waals surface area contributed by atoms with Crippen LogP contribution in [0.1, 0.15) is 32.3 Å². The number of likely N-dealkylation sites (tertiary alicyclic amines) is 1. The van der Waals surface area contributed by atoms with E-state index in [2.05, 4.69) is 10.6 Å². The minimum Gasteiger partial charge on any atom is -0.480 e. The Morgan fingerprint density at radius 1 is 1.22 bits per heavy atom. The van der Waals surface area contributed by atoms with Crippen molar-refractivity contribution in [1.82, 2.24) is 15.5 Å². The molecule has 1 aromatic rings. The highest BCUT2D eigenvalue weighted by molar-refractivity contribution is 5.86. The summed E-state index contributed by atoms with van der Waals surface area (Å²) in [6, 6.07) is 8.06. The van der Waals surface area contributed by atoms with Crippen molar-refractivity contribution in [1.29, 1.82) is 0 Å². The van der Waals surface area contributed by atoms with E-state index >= 15 is 0 Å². The SMILES string of the molecule is CC(C)CNC(=O)N1CCCC(C(=O)N[C@H](Cc2ccccc2)C(=O)O)C1. The van der Waals surface area contributed by atoms with Gasteiger partial charge in [-0.1, -0.05) is 44.2 Å². The fourth-order valence-electron chi connectivity index (χ4n) is 3.12. The number of nitrogens with zero attached hydrogens (tertiary/aromatic N) is 1. The molecule has 3 amide bonds. The minimum absolute atomic E-state index is 0.166. The van der Waals surface area contributed by atoms with E-state index < -0.39 is 12.0 Å². The number of carbonyl (C=O) groups excluding carboxylic acids is 2. The van der Waals surface area contributed by atoms with Crippen molar-refractivity contribution in [2.24, 2.45) is 11.8 Å². The van der Waals surface area contributed by atoms with Gasteiger partial charge in [-0.05, 0) is 24.3 Å². The lowest BCUT2D eigenvalue weighted by Gasteiger charge is -2.32. The average Bonchev–Trinajstić information content (AvgIpc) is 2.66. The van der Waals surface area contributed by atoms with Crippen molar-refractivity contribution in [3.63, 3.8) is 0 Å². The van der Waals surface area contributed by atoms with Gasteiger partial charge < -0.3 is 20.6 Å². The first-order valence-electron chi connectivity index (χ1n) is 9.46. The highest BCUT2D eigenvalue weighted by Crippen LogP contribution is 2.17. The van der Waals surface area contributed by atoms with Gasteiger partial charge in [0.1, 0.15) is 6.04 Å². The number of piperidine rings is 1. The number of carboxylic acid groups (broad SMARTS) is 1. The molecule has 1 fully saturated rings. The van der Waals surface area contributed by atoms with Gasteiger partial charge in [0, 0.05) is 26.1 Å². The number of benzene rings is 1. The highest BCUT2D eigenvalue weighted by Gasteiger charge is 2.31. The summed E-state index contributed by atoms with van der Waals surface area (Å²) >= 11 is 0. The predicted octanol–water partition coefficient (Wildman–Crippen LogP) is 1.88. The second-order valence-corrected chi connectivity index (χ2v) is 7.45. The molecule has 27 heavy (non-hydrogen) atoms. The second kappa shape index (κ2) is 9.94. The number of aliphatic carboxylic acids is 1.